The van der Waals surface area contributed by atoms with Gasteiger partial charge in [0.2, 0.25) is 0 Å². The smallest absolute Gasteiger partial charge is 0.446 e. The fraction of sp³-hybridized carbons (Fsp3) is 0. The standard InChI is InChI=1S/C20H14N2O8S2/c23-20-18-11-16(30-32(27,28)29)6-2-12(18)4-8-19(20)22-21-15-5-1-14-10-17(31(24,25)26)7-3-13(14)9-15/h1-11,23H,(H,24,25,26)(H,27,28,29). The van der Waals surface area contributed by atoms with Gasteiger partial charge in [0.25, 0.3) is 10.1 Å². The molecule has 4 aromatic carbocycles. The van der Waals surface area contributed by atoms with E-state index in [0.29, 0.717) is 21.8 Å². The molecule has 32 heavy (non-hydrogen) atoms. The van der Waals surface area contributed by atoms with Gasteiger partial charge in [-0.25, -0.2) is 0 Å². The number of phenols is 1. The molecule has 0 saturated carbocycles. The average molecular weight is 474 g/mol. The Bertz CT molecular complexity index is 1610. The fourth-order valence-electron chi connectivity index (χ4n) is 3.07. The van der Waals surface area contributed by atoms with Crippen LogP contribution >= 0.6 is 0 Å². The molecule has 0 heterocycles. The van der Waals surface area contributed by atoms with E-state index < -0.39 is 20.5 Å². The Morgan fingerprint density at radius 1 is 0.719 bits per heavy atom. The molecular formula is C20H14N2O8S2. The number of azo groups is 1. The summed E-state index contributed by atoms with van der Waals surface area (Å²) in [5.41, 5.74) is 0.517. The lowest BCUT2D eigenvalue weighted by atomic mass is 10.1. The molecule has 164 valence electrons. The first kappa shape index (κ1) is 21.6. The Morgan fingerprint density at radius 3 is 2.09 bits per heavy atom. The molecule has 4 aromatic rings. The van der Waals surface area contributed by atoms with Gasteiger partial charge in [0.1, 0.15) is 11.4 Å². The molecule has 0 aliphatic heterocycles. The third-order valence-electron chi connectivity index (χ3n) is 4.51. The van der Waals surface area contributed by atoms with Crippen LogP contribution in [0, 0.1) is 0 Å². The molecule has 0 aliphatic rings. The summed E-state index contributed by atoms with van der Waals surface area (Å²) < 4.78 is 66.7. The van der Waals surface area contributed by atoms with E-state index in [2.05, 4.69) is 14.4 Å². The van der Waals surface area contributed by atoms with Crippen molar-refractivity contribution in [2.24, 2.45) is 10.2 Å². The summed E-state index contributed by atoms with van der Waals surface area (Å²) in [5, 5.41) is 20.7. The molecule has 0 unspecified atom stereocenters. The number of rotatable bonds is 5. The molecule has 3 N–H and O–H groups in total. The molecule has 0 aliphatic carbocycles. The van der Waals surface area contributed by atoms with Crippen LogP contribution in [0.3, 0.4) is 0 Å². The van der Waals surface area contributed by atoms with Gasteiger partial charge in [0, 0.05) is 5.39 Å². The summed E-state index contributed by atoms with van der Waals surface area (Å²) in [6.07, 6.45) is 0. The highest BCUT2D eigenvalue weighted by Gasteiger charge is 2.12. The maximum Gasteiger partial charge on any atom is 0.446 e. The van der Waals surface area contributed by atoms with E-state index in [1.54, 1.807) is 24.3 Å². The van der Waals surface area contributed by atoms with E-state index in [1.165, 1.54) is 42.5 Å². The number of hydrogen-bond donors (Lipinski definition) is 3. The van der Waals surface area contributed by atoms with Gasteiger partial charge >= 0.3 is 10.4 Å². The van der Waals surface area contributed by atoms with E-state index in [-0.39, 0.29) is 27.5 Å². The van der Waals surface area contributed by atoms with E-state index >= 15 is 0 Å². The maximum atomic E-state index is 11.3. The van der Waals surface area contributed by atoms with Crippen LogP contribution in [0.15, 0.2) is 81.9 Å². The summed E-state index contributed by atoms with van der Waals surface area (Å²) in [6.45, 7) is 0. The predicted octanol–water partition coefficient (Wildman–Crippen LogP) is 4.54. The second-order valence-corrected chi connectivity index (χ2v) is 9.14. The summed E-state index contributed by atoms with van der Waals surface area (Å²) >= 11 is 0. The Labute approximate surface area is 182 Å². The lowest BCUT2D eigenvalue weighted by Gasteiger charge is -2.06. The number of nitrogens with zero attached hydrogens (tertiary/aromatic N) is 2. The van der Waals surface area contributed by atoms with Crippen molar-refractivity contribution in [3.8, 4) is 11.5 Å². The van der Waals surface area contributed by atoms with Gasteiger partial charge in [-0.2, -0.15) is 21.9 Å². The Morgan fingerprint density at radius 2 is 1.38 bits per heavy atom. The van der Waals surface area contributed by atoms with Gasteiger partial charge in [-0.15, -0.1) is 5.11 Å². The minimum absolute atomic E-state index is 0.100. The zero-order valence-electron chi connectivity index (χ0n) is 15.9. The lowest BCUT2D eigenvalue weighted by molar-refractivity contribution is 0.387. The molecule has 0 fully saturated rings. The van der Waals surface area contributed by atoms with Crippen molar-refractivity contribution in [1.29, 1.82) is 0 Å². The highest BCUT2D eigenvalue weighted by Crippen LogP contribution is 2.37. The van der Waals surface area contributed by atoms with Crippen LogP contribution in [0.5, 0.6) is 11.5 Å². The van der Waals surface area contributed by atoms with Crippen LogP contribution in [0.25, 0.3) is 21.5 Å². The third-order valence-corrected chi connectivity index (χ3v) is 5.76. The van der Waals surface area contributed by atoms with Crippen LogP contribution in [-0.4, -0.2) is 31.0 Å². The van der Waals surface area contributed by atoms with Crippen molar-refractivity contribution in [1.82, 2.24) is 0 Å². The van der Waals surface area contributed by atoms with Crippen molar-refractivity contribution >= 4 is 53.4 Å². The van der Waals surface area contributed by atoms with Gasteiger partial charge in [-0.05, 0) is 58.6 Å². The largest absolute Gasteiger partial charge is 0.505 e. The summed E-state index contributed by atoms with van der Waals surface area (Å²) in [5.74, 6) is -0.464. The molecule has 0 radical (unpaired) electrons. The summed E-state index contributed by atoms with van der Waals surface area (Å²) in [4.78, 5) is -0.224. The second kappa shape index (κ2) is 7.84. The topological polar surface area (TPSA) is 163 Å². The van der Waals surface area contributed by atoms with Crippen LogP contribution in [-0.2, 0) is 20.5 Å². The van der Waals surface area contributed by atoms with Gasteiger partial charge in [0.05, 0.1) is 10.6 Å². The first-order valence-corrected chi connectivity index (χ1v) is 11.7. The maximum absolute atomic E-state index is 11.3. The van der Waals surface area contributed by atoms with Crippen molar-refractivity contribution in [3.05, 3.63) is 66.7 Å². The van der Waals surface area contributed by atoms with E-state index in [4.69, 9.17) is 9.11 Å². The molecule has 0 bridgehead atoms. The van der Waals surface area contributed by atoms with Gasteiger partial charge in [-0.1, -0.05) is 24.3 Å². The van der Waals surface area contributed by atoms with Crippen LogP contribution in [0.1, 0.15) is 0 Å². The molecule has 12 heteroatoms. The zero-order valence-corrected chi connectivity index (χ0v) is 17.6. The van der Waals surface area contributed by atoms with Crippen molar-refractivity contribution in [2.45, 2.75) is 4.90 Å². The molecule has 0 spiro atoms. The first-order valence-electron chi connectivity index (χ1n) is 8.85. The van der Waals surface area contributed by atoms with E-state index in [9.17, 15) is 21.9 Å². The van der Waals surface area contributed by atoms with Crippen molar-refractivity contribution < 1.29 is 35.2 Å². The molecule has 0 aromatic heterocycles. The molecule has 4 rings (SSSR count). The highest BCUT2D eigenvalue weighted by molar-refractivity contribution is 7.85. The Hall–Kier alpha value is -3.58. The molecule has 0 amide bonds. The van der Waals surface area contributed by atoms with E-state index in [0.717, 1.165) is 0 Å². The molecule has 0 atom stereocenters. The monoisotopic (exact) mass is 474 g/mol. The zero-order chi connectivity index (χ0) is 23.1. The Balaban J connectivity index is 1.68. The second-order valence-electron chi connectivity index (χ2n) is 6.70. The fourth-order valence-corrected chi connectivity index (χ4v) is 3.93. The quantitative estimate of drug-likeness (QED) is 0.280. The first-order chi connectivity index (χ1) is 15.0. The van der Waals surface area contributed by atoms with Crippen molar-refractivity contribution in [3.63, 3.8) is 0 Å². The van der Waals surface area contributed by atoms with Crippen molar-refractivity contribution in [2.75, 3.05) is 0 Å². The Kier molecular flexibility index (Phi) is 5.30. The number of phenolic OH excluding ortho intramolecular Hbond substituents is 1. The SMILES string of the molecule is O=S(=O)(O)Oc1ccc2ccc(N=Nc3ccc4cc(S(=O)(=O)O)ccc4c3)c(O)c2c1. The average Bonchev–Trinajstić information content (AvgIpc) is 2.71. The summed E-state index contributed by atoms with van der Waals surface area (Å²) in [6, 6.07) is 16.1. The number of benzene rings is 4. The van der Waals surface area contributed by atoms with Gasteiger partial charge < -0.3 is 9.29 Å². The number of hydrogen-bond acceptors (Lipinski definition) is 8. The molecule has 0 saturated heterocycles. The van der Waals surface area contributed by atoms with Crippen LogP contribution < -0.4 is 4.18 Å². The minimum Gasteiger partial charge on any atom is -0.505 e. The number of fused-ring (bicyclic) bond motifs is 2. The number of aromatic hydroxyl groups is 1. The predicted molar refractivity (Wildman–Crippen MR) is 116 cm³/mol. The van der Waals surface area contributed by atoms with Crippen LogP contribution in [0.2, 0.25) is 0 Å². The molecular weight excluding hydrogens is 460 g/mol. The third kappa shape index (κ3) is 4.68. The van der Waals surface area contributed by atoms with Gasteiger partial charge in [-0.3, -0.25) is 9.11 Å². The minimum atomic E-state index is -4.71. The normalized spacial score (nSPS) is 12.6. The van der Waals surface area contributed by atoms with E-state index in [1.807, 2.05) is 0 Å². The van der Waals surface area contributed by atoms with Crippen LogP contribution in [0.4, 0.5) is 11.4 Å². The van der Waals surface area contributed by atoms with Gasteiger partial charge in [0.15, 0.2) is 5.75 Å². The highest BCUT2D eigenvalue weighted by atomic mass is 32.3. The summed E-state index contributed by atoms with van der Waals surface area (Å²) in [7, 11) is -9.03. The molecule has 10 nitrogen and oxygen atoms in total. The lowest BCUT2D eigenvalue weighted by Crippen LogP contribution is -2.06.